The van der Waals surface area contributed by atoms with Gasteiger partial charge in [0.05, 0.1) is 5.56 Å². The molecule has 0 saturated heterocycles. The first-order chi connectivity index (χ1) is 10.0. The summed E-state index contributed by atoms with van der Waals surface area (Å²) in [7, 11) is 0. The van der Waals surface area contributed by atoms with Crippen LogP contribution in [0.25, 0.3) is 0 Å². The van der Waals surface area contributed by atoms with E-state index in [9.17, 15) is 19.8 Å². The average molecular weight is 286 g/mol. The fourth-order valence-electron chi connectivity index (χ4n) is 1.90. The Balaban J connectivity index is 2.36. The van der Waals surface area contributed by atoms with Crippen molar-refractivity contribution in [3.05, 3.63) is 59.2 Å². The molecule has 0 heterocycles. The number of carboxylic acids is 1. The second kappa shape index (κ2) is 6.09. The molecule has 2 aromatic rings. The monoisotopic (exact) mass is 286 g/mol. The number of aromatic hydroxyl groups is 1. The molecule has 0 aliphatic rings. The first-order valence-corrected chi connectivity index (χ1v) is 6.39. The molecule has 0 aliphatic heterocycles. The molecule has 0 amide bonds. The lowest BCUT2D eigenvalue weighted by Gasteiger charge is -2.11. The summed E-state index contributed by atoms with van der Waals surface area (Å²) >= 11 is 0. The van der Waals surface area contributed by atoms with Crippen molar-refractivity contribution in [3.8, 4) is 11.5 Å². The van der Waals surface area contributed by atoms with Crippen LogP contribution < -0.4 is 4.74 Å². The second-order valence-electron chi connectivity index (χ2n) is 4.39. The van der Waals surface area contributed by atoms with E-state index in [0.717, 1.165) is 0 Å². The van der Waals surface area contributed by atoms with E-state index in [1.165, 1.54) is 30.3 Å². The molecular formula is C16H14O5. The Morgan fingerprint density at radius 3 is 2.33 bits per heavy atom. The molecule has 108 valence electrons. The number of rotatable bonds is 4. The minimum absolute atomic E-state index is 0.0340. The first-order valence-electron chi connectivity index (χ1n) is 6.39. The number of carboxylic acid groups (broad SMARTS) is 1. The van der Waals surface area contributed by atoms with Gasteiger partial charge < -0.3 is 14.9 Å². The van der Waals surface area contributed by atoms with E-state index in [1.54, 1.807) is 12.1 Å². The third-order valence-electron chi connectivity index (χ3n) is 3.01. The molecule has 0 fully saturated rings. The molecule has 0 aromatic heterocycles. The lowest BCUT2D eigenvalue weighted by atomic mass is 10.1. The molecule has 0 bridgehead atoms. The summed E-state index contributed by atoms with van der Waals surface area (Å²) in [4.78, 5) is 23.3. The number of ether oxygens (including phenoxy) is 1. The first kappa shape index (κ1) is 14.6. The Bertz CT molecular complexity index is 674. The third-order valence-corrected chi connectivity index (χ3v) is 3.01. The third kappa shape index (κ3) is 3.20. The fourth-order valence-corrected chi connectivity index (χ4v) is 1.90. The predicted molar refractivity (Wildman–Crippen MR) is 75.8 cm³/mol. The molecule has 0 spiro atoms. The van der Waals surface area contributed by atoms with Gasteiger partial charge >= 0.3 is 11.9 Å². The maximum Gasteiger partial charge on any atom is 0.343 e. The van der Waals surface area contributed by atoms with Crippen molar-refractivity contribution in [1.82, 2.24) is 0 Å². The molecule has 2 aromatic carbocycles. The zero-order chi connectivity index (χ0) is 15.4. The maximum absolute atomic E-state index is 12.1. The lowest BCUT2D eigenvalue weighted by molar-refractivity contribution is 0.0680. The molecule has 2 rings (SSSR count). The van der Waals surface area contributed by atoms with Crippen LogP contribution in [0.2, 0.25) is 0 Å². The molecular weight excluding hydrogens is 272 g/mol. The highest BCUT2D eigenvalue weighted by Gasteiger charge is 2.18. The van der Waals surface area contributed by atoms with Gasteiger partial charge in [-0.2, -0.15) is 0 Å². The average Bonchev–Trinajstić information content (AvgIpc) is 2.47. The minimum atomic E-state index is -1.15. The van der Waals surface area contributed by atoms with Crippen molar-refractivity contribution in [2.24, 2.45) is 0 Å². The highest BCUT2D eigenvalue weighted by Crippen LogP contribution is 2.26. The summed E-state index contributed by atoms with van der Waals surface area (Å²) in [5.74, 6) is -1.73. The topological polar surface area (TPSA) is 83.8 Å². The van der Waals surface area contributed by atoms with Crippen LogP contribution in [0.4, 0.5) is 0 Å². The quantitative estimate of drug-likeness (QED) is 0.667. The molecule has 0 radical (unpaired) electrons. The zero-order valence-electron chi connectivity index (χ0n) is 11.4. The molecule has 5 heteroatoms. The van der Waals surface area contributed by atoms with Gasteiger partial charge in [0.15, 0.2) is 0 Å². The number of phenols is 1. The van der Waals surface area contributed by atoms with E-state index in [1.807, 2.05) is 6.92 Å². The number of phenolic OH excluding ortho intramolecular Hbond substituents is 1. The number of esters is 1. The predicted octanol–water partition coefficient (Wildman–Crippen LogP) is 2.87. The van der Waals surface area contributed by atoms with Crippen LogP contribution in [-0.2, 0) is 6.42 Å². The van der Waals surface area contributed by atoms with E-state index in [-0.39, 0.29) is 22.6 Å². The second-order valence-corrected chi connectivity index (χ2v) is 4.39. The van der Waals surface area contributed by atoms with Crippen molar-refractivity contribution in [2.75, 3.05) is 0 Å². The normalized spacial score (nSPS) is 10.1. The van der Waals surface area contributed by atoms with E-state index in [2.05, 4.69) is 0 Å². The van der Waals surface area contributed by atoms with Crippen LogP contribution in [0.5, 0.6) is 11.5 Å². The highest BCUT2D eigenvalue weighted by molar-refractivity contribution is 5.96. The van der Waals surface area contributed by atoms with E-state index < -0.39 is 11.9 Å². The molecule has 0 atom stereocenters. The summed E-state index contributed by atoms with van der Waals surface area (Å²) in [6.45, 7) is 1.85. The van der Waals surface area contributed by atoms with Crippen LogP contribution in [0.1, 0.15) is 33.2 Å². The summed E-state index contributed by atoms with van der Waals surface area (Å²) in [6.07, 6.45) is 0.541. The Hall–Kier alpha value is -2.82. The van der Waals surface area contributed by atoms with Gasteiger partial charge in [-0.05, 0) is 42.3 Å². The Morgan fingerprint density at radius 1 is 1.10 bits per heavy atom. The molecule has 5 nitrogen and oxygen atoms in total. The van der Waals surface area contributed by atoms with Gasteiger partial charge in [0.25, 0.3) is 0 Å². The SMILES string of the molecule is CCc1cccc(C(=O)O)c1OC(=O)c1ccc(O)cc1. The Morgan fingerprint density at radius 2 is 1.76 bits per heavy atom. The number of para-hydroxylation sites is 1. The van der Waals surface area contributed by atoms with E-state index in [0.29, 0.717) is 12.0 Å². The number of benzene rings is 2. The number of aryl methyl sites for hydroxylation is 1. The molecule has 2 N–H and O–H groups in total. The number of hydrogen-bond donors (Lipinski definition) is 2. The summed E-state index contributed by atoms with van der Waals surface area (Å²) in [6, 6.07) is 10.3. The van der Waals surface area contributed by atoms with Gasteiger partial charge in [-0.25, -0.2) is 9.59 Å². The van der Waals surface area contributed by atoms with Crippen molar-refractivity contribution >= 4 is 11.9 Å². The van der Waals surface area contributed by atoms with Crippen LogP contribution in [0.15, 0.2) is 42.5 Å². The number of hydrogen-bond acceptors (Lipinski definition) is 4. The lowest BCUT2D eigenvalue weighted by Crippen LogP contribution is -2.13. The molecule has 0 aliphatic carbocycles. The van der Waals surface area contributed by atoms with Gasteiger partial charge in [0, 0.05) is 0 Å². The number of carbonyl (C=O) groups is 2. The van der Waals surface area contributed by atoms with Crippen LogP contribution in [0, 0.1) is 0 Å². The van der Waals surface area contributed by atoms with Crippen molar-refractivity contribution < 1.29 is 24.5 Å². The van der Waals surface area contributed by atoms with Crippen LogP contribution in [0.3, 0.4) is 0 Å². The Labute approximate surface area is 121 Å². The zero-order valence-corrected chi connectivity index (χ0v) is 11.4. The summed E-state index contributed by atoms with van der Waals surface area (Å²) in [5, 5.41) is 18.4. The largest absolute Gasteiger partial charge is 0.508 e. The minimum Gasteiger partial charge on any atom is -0.508 e. The molecule has 21 heavy (non-hydrogen) atoms. The number of carbonyl (C=O) groups excluding carboxylic acids is 1. The Kier molecular flexibility index (Phi) is 4.23. The standard InChI is InChI=1S/C16H14O5/c1-2-10-4-3-5-13(15(18)19)14(10)21-16(20)11-6-8-12(17)9-7-11/h3-9,17H,2H2,1H3,(H,18,19). The maximum atomic E-state index is 12.1. The molecule has 0 saturated carbocycles. The van der Waals surface area contributed by atoms with Gasteiger partial charge in [-0.3, -0.25) is 0 Å². The summed E-state index contributed by atoms with van der Waals surface area (Å²) < 4.78 is 5.25. The smallest absolute Gasteiger partial charge is 0.343 e. The van der Waals surface area contributed by atoms with E-state index in [4.69, 9.17) is 4.74 Å². The van der Waals surface area contributed by atoms with Crippen LogP contribution >= 0.6 is 0 Å². The van der Waals surface area contributed by atoms with Gasteiger partial charge in [-0.15, -0.1) is 0 Å². The number of aromatic carboxylic acids is 1. The van der Waals surface area contributed by atoms with Crippen molar-refractivity contribution in [1.29, 1.82) is 0 Å². The van der Waals surface area contributed by atoms with Crippen molar-refractivity contribution in [2.45, 2.75) is 13.3 Å². The fraction of sp³-hybridized carbons (Fsp3) is 0.125. The molecule has 0 unspecified atom stereocenters. The van der Waals surface area contributed by atoms with Gasteiger partial charge in [0.1, 0.15) is 17.1 Å². The van der Waals surface area contributed by atoms with Crippen LogP contribution in [-0.4, -0.2) is 22.2 Å². The van der Waals surface area contributed by atoms with Gasteiger partial charge in [0.2, 0.25) is 0 Å². The van der Waals surface area contributed by atoms with E-state index >= 15 is 0 Å². The highest BCUT2D eigenvalue weighted by atomic mass is 16.5. The summed E-state index contributed by atoms with van der Waals surface area (Å²) in [5.41, 5.74) is 0.818. The van der Waals surface area contributed by atoms with Gasteiger partial charge in [-0.1, -0.05) is 19.1 Å². The van der Waals surface area contributed by atoms with Crippen molar-refractivity contribution in [3.63, 3.8) is 0 Å².